The third kappa shape index (κ3) is 4.64. The highest BCUT2D eigenvalue weighted by Crippen LogP contribution is 2.37. The molecule has 3 nitrogen and oxygen atoms in total. The molecule has 3 aromatic carbocycles. The third-order valence-corrected chi connectivity index (χ3v) is 5.65. The Morgan fingerprint density at radius 3 is 2.31 bits per heavy atom. The van der Waals surface area contributed by atoms with Crippen molar-refractivity contribution in [2.45, 2.75) is 13.0 Å². The molecule has 4 rings (SSSR count). The quantitative estimate of drug-likeness (QED) is 0.593. The summed E-state index contributed by atoms with van der Waals surface area (Å²) in [4.78, 5) is 2.52. The number of nitrogens with zero attached hydrogens (tertiary/aromatic N) is 1. The van der Waals surface area contributed by atoms with Crippen LogP contribution in [-0.4, -0.2) is 37.7 Å². The Bertz CT molecular complexity index is 921. The SMILES string of the molecule is CCOc1ccc(Cl)cc1C(c1ccc(-c2ccccc2)cc1)N1CCNCC1. The lowest BCUT2D eigenvalue weighted by Gasteiger charge is -2.36. The van der Waals surface area contributed by atoms with E-state index in [0.717, 1.165) is 42.5 Å². The van der Waals surface area contributed by atoms with E-state index >= 15 is 0 Å². The van der Waals surface area contributed by atoms with Crippen molar-refractivity contribution in [2.75, 3.05) is 32.8 Å². The van der Waals surface area contributed by atoms with E-state index in [1.807, 2.05) is 25.1 Å². The molecule has 3 aromatic rings. The van der Waals surface area contributed by atoms with Gasteiger partial charge in [-0.1, -0.05) is 66.2 Å². The van der Waals surface area contributed by atoms with Crippen molar-refractivity contribution in [2.24, 2.45) is 0 Å². The van der Waals surface area contributed by atoms with Crippen LogP contribution in [0.3, 0.4) is 0 Å². The molecule has 0 amide bonds. The molecule has 0 aromatic heterocycles. The van der Waals surface area contributed by atoms with Gasteiger partial charge in [-0.25, -0.2) is 0 Å². The summed E-state index contributed by atoms with van der Waals surface area (Å²) in [6.07, 6.45) is 0. The number of halogens is 1. The second kappa shape index (κ2) is 9.45. The number of hydrogen-bond acceptors (Lipinski definition) is 3. The number of rotatable bonds is 6. The lowest BCUT2D eigenvalue weighted by atomic mass is 9.93. The van der Waals surface area contributed by atoms with Crippen LogP contribution in [0.4, 0.5) is 0 Å². The molecule has 1 aliphatic rings. The van der Waals surface area contributed by atoms with Crippen molar-refractivity contribution < 1.29 is 4.74 Å². The van der Waals surface area contributed by atoms with E-state index in [9.17, 15) is 0 Å². The zero-order valence-corrected chi connectivity index (χ0v) is 17.5. The minimum absolute atomic E-state index is 0.113. The van der Waals surface area contributed by atoms with Crippen LogP contribution in [0.15, 0.2) is 72.8 Å². The molecule has 1 N–H and O–H groups in total. The van der Waals surface area contributed by atoms with Crippen LogP contribution in [0.5, 0.6) is 5.75 Å². The minimum Gasteiger partial charge on any atom is -0.494 e. The Balaban J connectivity index is 1.74. The zero-order chi connectivity index (χ0) is 20.1. The minimum atomic E-state index is 0.113. The van der Waals surface area contributed by atoms with Gasteiger partial charge in [0.25, 0.3) is 0 Å². The summed E-state index contributed by atoms with van der Waals surface area (Å²) < 4.78 is 5.98. The smallest absolute Gasteiger partial charge is 0.124 e. The molecule has 1 saturated heterocycles. The predicted molar refractivity (Wildman–Crippen MR) is 121 cm³/mol. The number of benzene rings is 3. The van der Waals surface area contributed by atoms with Crippen LogP contribution in [0.1, 0.15) is 24.1 Å². The highest BCUT2D eigenvalue weighted by atomic mass is 35.5. The Morgan fingerprint density at radius 2 is 1.62 bits per heavy atom. The van der Waals surface area contributed by atoms with Crippen LogP contribution < -0.4 is 10.1 Å². The van der Waals surface area contributed by atoms with E-state index in [-0.39, 0.29) is 6.04 Å². The van der Waals surface area contributed by atoms with Gasteiger partial charge in [0, 0.05) is 36.8 Å². The van der Waals surface area contributed by atoms with Gasteiger partial charge in [-0.3, -0.25) is 4.90 Å². The summed E-state index contributed by atoms with van der Waals surface area (Å²) in [6.45, 7) is 6.61. The molecule has 1 heterocycles. The van der Waals surface area contributed by atoms with Crippen LogP contribution in [0.25, 0.3) is 11.1 Å². The second-order valence-corrected chi connectivity index (χ2v) is 7.73. The monoisotopic (exact) mass is 406 g/mol. The average Bonchev–Trinajstić information content (AvgIpc) is 2.78. The fraction of sp³-hybridized carbons (Fsp3) is 0.280. The van der Waals surface area contributed by atoms with Crippen LogP contribution >= 0.6 is 11.6 Å². The molecule has 4 heteroatoms. The molecular formula is C25H27ClN2O. The number of ether oxygens (including phenoxy) is 1. The standard InChI is InChI=1S/C25H27ClN2O/c1-2-29-24-13-12-22(26)18-23(24)25(28-16-14-27-15-17-28)21-10-8-20(9-11-21)19-6-4-3-5-7-19/h3-13,18,25,27H,2,14-17H2,1H3. The molecule has 0 saturated carbocycles. The number of nitrogens with one attached hydrogen (secondary N) is 1. The van der Waals surface area contributed by atoms with Gasteiger partial charge in [0.1, 0.15) is 5.75 Å². The highest BCUT2D eigenvalue weighted by molar-refractivity contribution is 6.30. The van der Waals surface area contributed by atoms with Crippen molar-refractivity contribution in [1.82, 2.24) is 10.2 Å². The van der Waals surface area contributed by atoms with Gasteiger partial charge in [0.05, 0.1) is 12.6 Å². The normalized spacial score (nSPS) is 15.8. The van der Waals surface area contributed by atoms with Crippen LogP contribution in [-0.2, 0) is 0 Å². The van der Waals surface area contributed by atoms with E-state index < -0.39 is 0 Å². The van der Waals surface area contributed by atoms with Crippen LogP contribution in [0, 0.1) is 0 Å². The van der Waals surface area contributed by atoms with Crippen molar-refractivity contribution in [3.63, 3.8) is 0 Å². The Labute approximate surface area is 178 Å². The van der Waals surface area contributed by atoms with E-state index in [2.05, 4.69) is 64.8 Å². The molecule has 0 radical (unpaired) electrons. The topological polar surface area (TPSA) is 24.5 Å². The highest BCUT2D eigenvalue weighted by Gasteiger charge is 2.27. The molecule has 1 aliphatic heterocycles. The summed E-state index contributed by atoms with van der Waals surface area (Å²) in [7, 11) is 0. The predicted octanol–water partition coefficient (Wildman–Crippen LogP) is 5.40. The molecule has 1 unspecified atom stereocenters. The Kier molecular flexibility index (Phi) is 6.50. The van der Waals surface area contributed by atoms with Crippen molar-refractivity contribution in [3.05, 3.63) is 88.9 Å². The lowest BCUT2D eigenvalue weighted by Crippen LogP contribution is -2.45. The Morgan fingerprint density at radius 1 is 0.931 bits per heavy atom. The molecule has 0 spiro atoms. The summed E-state index contributed by atoms with van der Waals surface area (Å²) in [6, 6.07) is 25.5. The van der Waals surface area contributed by atoms with Crippen molar-refractivity contribution in [3.8, 4) is 16.9 Å². The first kappa shape index (κ1) is 20.0. The number of piperazine rings is 1. The molecular weight excluding hydrogens is 380 g/mol. The Hall–Kier alpha value is -2.33. The second-order valence-electron chi connectivity index (χ2n) is 7.29. The first-order valence-electron chi connectivity index (χ1n) is 10.3. The lowest BCUT2D eigenvalue weighted by molar-refractivity contribution is 0.194. The van der Waals surface area contributed by atoms with Crippen LogP contribution in [0.2, 0.25) is 5.02 Å². The van der Waals surface area contributed by atoms with Gasteiger partial charge < -0.3 is 10.1 Å². The van der Waals surface area contributed by atoms with E-state index in [0.29, 0.717) is 6.61 Å². The third-order valence-electron chi connectivity index (χ3n) is 5.42. The zero-order valence-electron chi connectivity index (χ0n) is 16.8. The number of hydrogen-bond donors (Lipinski definition) is 1. The maximum absolute atomic E-state index is 6.41. The maximum atomic E-state index is 6.41. The van der Waals surface area contributed by atoms with Gasteiger partial charge in [0.15, 0.2) is 0 Å². The molecule has 1 fully saturated rings. The first-order valence-corrected chi connectivity index (χ1v) is 10.7. The van der Waals surface area contributed by atoms with E-state index in [4.69, 9.17) is 16.3 Å². The maximum Gasteiger partial charge on any atom is 0.124 e. The molecule has 29 heavy (non-hydrogen) atoms. The largest absolute Gasteiger partial charge is 0.494 e. The van der Waals surface area contributed by atoms with E-state index in [1.165, 1.54) is 16.7 Å². The average molecular weight is 407 g/mol. The summed E-state index contributed by atoms with van der Waals surface area (Å²) in [5, 5.41) is 4.20. The summed E-state index contributed by atoms with van der Waals surface area (Å²) >= 11 is 6.41. The van der Waals surface area contributed by atoms with Crippen molar-refractivity contribution in [1.29, 1.82) is 0 Å². The molecule has 150 valence electrons. The van der Waals surface area contributed by atoms with Gasteiger partial charge in [-0.05, 0) is 41.8 Å². The van der Waals surface area contributed by atoms with Crippen molar-refractivity contribution >= 4 is 11.6 Å². The fourth-order valence-electron chi connectivity index (χ4n) is 4.04. The molecule has 1 atom stereocenters. The summed E-state index contributed by atoms with van der Waals surface area (Å²) in [5.41, 5.74) is 4.85. The van der Waals surface area contributed by atoms with Gasteiger partial charge >= 0.3 is 0 Å². The molecule has 0 bridgehead atoms. The first-order chi connectivity index (χ1) is 14.3. The van der Waals surface area contributed by atoms with Gasteiger partial charge in [-0.15, -0.1) is 0 Å². The van der Waals surface area contributed by atoms with Gasteiger partial charge in [-0.2, -0.15) is 0 Å². The summed E-state index contributed by atoms with van der Waals surface area (Å²) in [5.74, 6) is 0.910. The molecule has 0 aliphatic carbocycles. The van der Waals surface area contributed by atoms with E-state index in [1.54, 1.807) is 0 Å². The van der Waals surface area contributed by atoms with Gasteiger partial charge in [0.2, 0.25) is 0 Å². The fourth-order valence-corrected chi connectivity index (χ4v) is 4.22.